The number of nitrogens with zero attached hydrogens (tertiary/aromatic N) is 1. The number of carbonyl (C=O) groups is 3. The van der Waals surface area contributed by atoms with Gasteiger partial charge in [-0.25, -0.2) is 0 Å². The summed E-state index contributed by atoms with van der Waals surface area (Å²) in [4.78, 5) is 42.3. The van der Waals surface area contributed by atoms with Gasteiger partial charge in [-0.05, 0) is 84.6 Å². The van der Waals surface area contributed by atoms with Gasteiger partial charge in [0.05, 0.1) is 0 Å². The number of carbonyl (C=O) groups excluding carboxylic acids is 3. The van der Waals surface area contributed by atoms with Gasteiger partial charge in [0.2, 0.25) is 5.91 Å². The molecule has 0 aliphatic carbocycles. The van der Waals surface area contributed by atoms with Crippen molar-refractivity contribution in [2.24, 2.45) is 0 Å². The van der Waals surface area contributed by atoms with E-state index in [1.54, 1.807) is 36.4 Å². The number of thiophene rings is 1. The molecule has 1 unspecified atom stereocenters. The summed E-state index contributed by atoms with van der Waals surface area (Å²) < 4.78 is 2.28. The molecule has 1 atom stereocenters. The van der Waals surface area contributed by atoms with E-state index in [0.29, 0.717) is 11.3 Å². The van der Waals surface area contributed by atoms with Crippen LogP contribution in [0, 0.1) is 0 Å². The second-order valence-corrected chi connectivity index (χ2v) is 13.9. The van der Waals surface area contributed by atoms with E-state index >= 15 is 0 Å². The zero-order chi connectivity index (χ0) is 35.2. The van der Waals surface area contributed by atoms with E-state index in [9.17, 15) is 14.4 Å². The van der Waals surface area contributed by atoms with Gasteiger partial charge >= 0.3 is 0 Å². The van der Waals surface area contributed by atoms with Crippen molar-refractivity contribution in [1.82, 2.24) is 9.88 Å². The first-order chi connectivity index (χ1) is 25.0. The number of aromatic nitrogens is 1. The molecule has 0 saturated carbocycles. The smallest absolute Gasteiger partial charge is 0.272 e. The zero-order valence-electron chi connectivity index (χ0n) is 27.7. The maximum Gasteiger partial charge on any atom is 0.272 e. The lowest BCUT2D eigenvalue weighted by molar-refractivity contribution is -0.116. The van der Waals surface area contributed by atoms with Crippen LogP contribution in [0.5, 0.6) is 0 Å². The number of aryl methyl sites for hydroxylation is 1. The highest BCUT2D eigenvalue weighted by molar-refractivity contribution is 8.00. The predicted molar refractivity (Wildman–Crippen MR) is 210 cm³/mol. The Bertz CT molecular complexity index is 2370. The van der Waals surface area contributed by atoms with Crippen LogP contribution in [-0.2, 0) is 16.1 Å². The molecule has 3 amide bonds. The fourth-order valence-corrected chi connectivity index (χ4v) is 7.76. The molecule has 0 saturated heterocycles. The molecule has 51 heavy (non-hydrogen) atoms. The summed E-state index contributed by atoms with van der Waals surface area (Å²) in [5.41, 5.74) is 4.94. The second-order valence-electron chi connectivity index (χ2n) is 11.8. The van der Waals surface area contributed by atoms with Crippen molar-refractivity contribution in [3.05, 3.63) is 167 Å². The van der Waals surface area contributed by atoms with Crippen molar-refractivity contribution in [2.75, 3.05) is 10.6 Å². The quantitative estimate of drug-likeness (QED) is 0.0923. The maximum atomic E-state index is 14.0. The summed E-state index contributed by atoms with van der Waals surface area (Å²) in [6, 6.07) is 43.9. The molecule has 252 valence electrons. The number of benzene rings is 5. The van der Waals surface area contributed by atoms with Crippen LogP contribution in [0.2, 0.25) is 0 Å². The summed E-state index contributed by atoms with van der Waals surface area (Å²) >= 11 is 2.86. The van der Waals surface area contributed by atoms with Crippen LogP contribution >= 0.6 is 23.1 Å². The third-order valence-electron chi connectivity index (χ3n) is 8.40. The van der Waals surface area contributed by atoms with E-state index in [2.05, 4.69) is 45.6 Å². The van der Waals surface area contributed by atoms with Gasteiger partial charge in [0, 0.05) is 55.1 Å². The van der Waals surface area contributed by atoms with Crippen molar-refractivity contribution < 1.29 is 14.4 Å². The first-order valence-corrected chi connectivity index (χ1v) is 18.3. The number of amides is 3. The molecule has 2 heterocycles. The summed E-state index contributed by atoms with van der Waals surface area (Å²) in [5, 5.41) is 12.5. The molecule has 0 spiro atoms. The zero-order valence-corrected chi connectivity index (χ0v) is 29.3. The minimum atomic E-state index is -0.579. The number of hydrogen-bond donors (Lipinski definition) is 3. The molecule has 0 bridgehead atoms. The largest absolute Gasteiger partial charge is 0.341 e. The molecule has 0 fully saturated rings. The predicted octanol–water partition coefficient (Wildman–Crippen LogP) is 9.76. The summed E-state index contributed by atoms with van der Waals surface area (Å²) in [6.45, 7) is 2.98. The Hall–Kier alpha value is -5.90. The molecule has 0 aliphatic rings. The molecule has 9 heteroatoms. The summed E-state index contributed by atoms with van der Waals surface area (Å²) in [6.07, 6.45) is 1.66. The van der Waals surface area contributed by atoms with Crippen molar-refractivity contribution >= 4 is 80.1 Å². The van der Waals surface area contributed by atoms with Gasteiger partial charge in [0.1, 0.15) is 10.9 Å². The number of fused-ring (bicyclic) bond motifs is 3. The molecular formula is C42H34N4O3S2. The molecular weight excluding hydrogens is 673 g/mol. The van der Waals surface area contributed by atoms with Crippen molar-refractivity contribution in [3.63, 3.8) is 0 Å². The fourth-order valence-electron chi connectivity index (χ4n) is 6.02. The number of nitrogens with one attached hydrogen (secondary N) is 3. The highest BCUT2D eigenvalue weighted by atomic mass is 32.2. The lowest BCUT2D eigenvalue weighted by Crippen LogP contribution is -2.30. The SMILES string of the molecule is CCn1c2ccccc2c2cc(NC(=O)C(Sc3cccc(NC(=O)/C(=C/c4cccs4)NC(=O)c4ccccc4)c3)c3ccccc3)ccc21. The minimum Gasteiger partial charge on any atom is -0.341 e. The van der Waals surface area contributed by atoms with Crippen molar-refractivity contribution in [3.8, 4) is 0 Å². The van der Waals surface area contributed by atoms with Gasteiger partial charge < -0.3 is 20.5 Å². The molecule has 0 radical (unpaired) electrons. The van der Waals surface area contributed by atoms with Crippen LogP contribution in [-0.4, -0.2) is 22.3 Å². The van der Waals surface area contributed by atoms with E-state index in [1.165, 1.54) is 23.1 Å². The molecule has 5 aromatic carbocycles. The standard InChI is InChI=1S/C42H34N4O3S2/c1-2-46-37-21-10-9-20-34(37)35-26-31(22-23-38(35)46)44-42(49)39(28-13-5-3-6-14-28)51-33-18-11-17-30(25-33)43-41(48)36(27-32-19-12-24-50-32)45-40(47)29-15-7-4-8-16-29/h3-27,39H,2H2,1H3,(H,43,48)(H,44,49)(H,45,47)/b36-27-. The highest BCUT2D eigenvalue weighted by Crippen LogP contribution is 2.38. The number of hydrogen-bond acceptors (Lipinski definition) is 5. The second kappa shape index (κ2) is 15.3. The molecule has 2 aromatic heterocycles. The topological polar surface area (TPSA) is 92.2 Å². The minimum absolute atomic E-state index is 0.116. The van der Waals surface area contributed by atoms with E-state index < -0.39 is 11.2 Å². The highest BCUT2D eigenvalue weighted by Gasteiger charge is 2.23. The van der Waals surface area contributed by atoms with Crippen LogP contribution in [0.1, 0.15) is 33.0 Å². The van der Waals surface area contributed by atoms with Gasteiger partial charge in [0.25, 0.3) is 11.8 Å². The number of thioether (sulfide) groups is 1. The average molecular weight is 707 g/mol. The average Bonchev–Trinajstić information content (AvgIpc) is 3.80. The Morgan fingerprint density at radius 3 is 2.22 bits per heavy atom. The van der Waals surface area contributed by atoms with E-state index in [1.807, 2.05) is 96.4 Å². The monoisotopic (exact) mass is 706 g/mol. The first-order valence-electron chi connectivity index (χ1n) is 16.5. The number of rotatable bonds is 11. The van der Waals surface area contributed by atoms with E-state index in [4.69, 9.17) is 0 Å². The van der Waals surface area contributed by atoms with Crippen LogP contribution in [0.3, 0.4) is 0 Å². The summed E-state index contributed by atoms with van der Waals surface area (Å²) in [5.74, 6) is -1.01. The molecule has 7 aromatic rings. The lowest BCUT2D eigenvalue weighted by Gasteiger charge is -2.18. The first kappa shape index (κ1) is 33.6. The third-order valence-corrected chi connectivity index (χ3v) is 10.5. The maximum absolute atomic E-state index is 14.0. The van der Waals surface area contributed by atoms with Crippen molar-refractivity contribution in [1.29, 1.82) is 0 Å². The van der Waals surface area contributed by atoms with Gasteiger partial charge in [0.15, 0.2) is 0 Å². The Morgan fingerprint density at radius 2 is 1.45 bits per heavy atom. The third kappa shape index (κ3) is 7.65. The molecule has 7 rings (SSSR count). The Balaban J connectivity index is 1.12. The van der Waals surface area contributed by atoms with Gasteiger partial charge in [-0.1, -0.05) is 78.9 Å². The van der Waals surface area contributed by atoms with Crippen LogP contribution in [0.4, 0.5) is 11.4 Å². The van der Waals surface area contributed by atoms with E-state index in [-0.39, 0.29) is 17.5 Å². The van der Waals surface area contributed by atoms with E-state index in [0.717, 1.165) is 49.4 Å². The van der Waals surface area contributed by atoms with Crippen LogP contribution in [0.15, 0.2) is 155 Å². The Labute approximate surface area is 304 Å². The van der Waals surface area contributed by atoms with Gasteiger partial charge in [-0.15, -0.1) is 23.1 Å². The van der Waals surface area contributed by atoms with Gasteiger partial charge in [-0.2, -0.15) is 0 Å². The van der Waals surface area contributed by atoms with Crippen LogP contribution < -0.4 is 16.0 Å². The summed E-state index contributed by atoms with van der Waals surface area (Å²) in [7, 11) is 0. The number of anilines is 2. The molecule has 7 nitrogen and oxygen atoms in total. The fraction of sp³-hybridized carbons (Fsp3) is 0.0714. The molecule has 0 aliphatic heterocycles. The Kier molecular flexibility index (Phi) is 10.1. The normalized spacial score (nSPS) is 12.1. The number of para-hydroxylation sites is 1. The van der Waals surface area contributed by atoms with Crippen molar-refractivity contribution in [2.45, 2.75) is 23.6 Å². The van der Waals surface area contributed by atoms with Gasteiger partial charge in [-0.3, -0.25) is 14.4 Å². The Morgan fingerprint density at radius 1 is 0.725 bits per heavy atom. The van der Waals surface area contributed by atoms with Crippen LogP contribution in [0.25, 0.3) is 27.9 Å². The lowest BCUT2D eigenvalue weighted by atomic mass is 10.1. The molecule has 3 N–H and O–H groups in total.